The van der Waals surface area contributed by atoms with Gasteiger partial charge in [-0.3, -0.25) is 0 Å². The van der Waals surface area contributed by atoms with Crippen LogP contribution in [0.4, 0.5) is 0 Å². The summed E-state index contributed by atoms with van der Waals surface area (Å²) < 4.78 is 124. The molecule has 3 aromatic carbocycles. The van der Waals surface area contributed by atoms with Crippen LogP contribution in [0.25, 0.3) is 55.9 Å². The average molecular weight is 769 g/mol. The normalized spacial score (nSPS) is 17.1. The second kappa shape index (κ2) is 12.7. The van der Waals surface area contributed by atoms with Crippen LogP contribution >= 0.6 is 0 Å². The first-order chi connectivity index (χ1) is 26.9. The molecule has 4 aromatic heterocycles. The number of benzene rings is 3. The molecular weight excluding hydrogens is 727 g/mol. The van der Waals surface area contributed by atoms with Crippen molar-refractivity contribution < 1.29 is 49.5 Å². The molecule has 0 atom stereocenters. The molecule has 0 aliphatic heterocycles. The van der Waals surface area contributed by atoms with Gasteiger partial charge >= 0.3 is 0 Å². The molecule has 7 nitrogen and oxygen atoms in total. The molecule has 0 amide bonds. The zero-order chi connectivity index (χ0) is 42.6. The van der Waals surface area contributed by atoms with Crippen molar-refractivity contribution in [2.75, 3.05) is 0 Å². The quantitative estimate of drug-likeness (QED) is 0.166. The smallest absolute Gasteiger partial charge is 0.249 e. The summed E-state index contributed by atoms with van der Waals surface area (Å²) in [6, 6.07) is 23.0. The van der Waals surface area contributed by atoms with E-state index < -0.39 is 40.2 Å². The van der Waals surface area contributed by atoms with Gasteiger partial charge in [-0.25, -0.2) is 0 Å². The molecule has 0 unspecified atom stereocenters. The Labute approximate surface area is 290 Å². The number of aromatic nitrogens is 4. The van der Waals surface area contributed by atoms with E-state index in [9.17, 15) is 5.26 Å². The molecule has 1 radical (unpaired) electrons. The van der Waals surface area contributed by atoms with Gasteiger partial charge in [-0.2, -0.15) is 5.26 Å². The summed E-state index contributed by atoms with van der Waals surface area (Å²) in [5.74, 6) is -0.749. The van der Waals surface area contributed by atoms with Gasteiger partial charge < -0.3 is 18.8 Å². The monoisotopic (exact) mass is 769 g/mol. The minimum Gasteiger partial charge on any atom is -0.499 e. The first kappa shape index (κ1) is 16.8. The van der Waals surface area contributed by atoms with Gasteiger partial charge in [0.2, 0.25) is 11.8 Å². The maximum Gasteiger partial charge on any atom is 0.249 e. The number of hydrogen-bond donors (Lipinski definition) is 0. The summed E-state index contributed by atoms with van der Waals surface area (Å²) in [5, 5.41) is 18.3. The fourth-order valence-corrected chi connectivity index (χ4v) is 4.35. The van der Waals surface area contributed by atoms with Crippen LogP contribution < -0.4 is 0 Å². The molecule has 7 rings (SSSR count). The van der Waals surface area contributed by atoms with E-state index in [2.05, 4.69) is 32.3 Å². The molecule has 0 aliphatic carbocycles. The second-order valence-electron chi connectivity index (χ2n) is 9.12. The Morgan fingerprint density at radius 2 is 1.61 bits per heavy atom. The molecule has 219 valence electrons. The Balaban J connectivity index is 0.000000267. The molecule has 8 heteroatoms. The topological polar surface area (TPSA) is 102 Å². The van der Waals surface area contributed by atoms with Gasteiger partial charge in [-0.15, -0.1) is 63.8 Å². The van der Waals surface area contributed by atoms with Crippen molar-refractivity contribution in [1.82, 2.24) is 20.2 Å². The largest absolute Gasteiger partial charge is 0.499 e. The van der Waals surface area contributed by atoms with Gasteiger partial charge in [-0.1, -0.05) is 47.6 Å². The van der Waals surface area contributed by atoms with Gasteiger partial charge in [0.05, 0.1) is 11.1 Å². The van der Waals surface area contributed by atoms with Gasteiger partial charge in [0, 0.05) is 65.3 Å². The van der Waals surface area contributed by atoms with E-state index >= 15 is 0 Å². The number of rotatable bonds is 3. The van der Waals surface area contributed by atoms with E-state index in [1.165, 1.54) is 36.5 Å². The number of pyridine rings is 2. The predicted molar refractivity (Wildman–Crippen MR) is 166 cm³/mol. The molecule has 0 bridgehead atoms. The van der Waals surface area contributed by atoms with Crippen molar-refractivity contribution in [1.29, 1.82) is 5.26 Å². The average Bonchev–Trinajstić information content (AvgIpc) is 3.79. The molecule has 0 saturated heterocycles. The Kier molecular flexibility index (Phi) is 4.85. The van der Waals surface area contributed by atoms with Crippen LogP contribution in [-0.2, 0) is 20.1 Å². The third kappa shape index (κ3) is 5.93. The third-order valence-corrected chi connectivity index (χ3v) is 6.38. The van der Waals surface area contributed by atoms with Crippen LogP contribution in [0.1, 0.15) is 54.3 Å². The SMILES string of the molecule is [2H]C([2H])([2H])c1c[c-]c(-c2ccc(C([2H])([2H])[2H])cn2)cc1.[2H]C([2H])([2H])c1nnc(-c2ccc3c(oc4c(-c5cc(C([2H])([2H])[2H])c(C([2H])([2H])[2H])cn5)[c-]ccc43)c2C#N)o1.[Ir]. The summed E-state index contributed by atoms with van der Waals surface area (Å²) in [7, 11) is 0. The van der Waals surface area contributed by atoms with Crippen molar-refractivity contribution >= 4 is 21.9 Å². The van der Waals surface area contributed by atoms with E-state index in [1.807, 2.05) is 6.07 Å². The summed E-state index contributed by atoms with van der Waals surface area (Å²) >= 11 is 0. The molecule has 0 aliphatic rings. The molecule has 7 aromatic rings. The van der Waals surface area contributed by atoms with Crippen LogP contribution in [0.15, 0.2) is 81.9 Å². The Morgan fingerprint density at radius 1 is 0.773 bits per heavy atom. The molecule has 4 heterocycles. The zero-order valence-electron chi connectivity index (χ0n) is 37.3. The number of hydrogen-bond acceptors (Lipinski definition) is 7. The molecule has 0 N–H and O–H groups in total. The first-order valence-electron chi connectivity index (χ1n) is 20.0. The van der Waals surface area contributed by atoms with E-state index in [4.69, 9.17) is 29.4 Å². The summed E-state index contributed by atoms with van der Waals surface area (Å²) in [6.45, 7) is -12.4. The van der Waals surface area contributed by atoms with E-state index in [1.54, 1.807) is 30.3 Å². The number of nitriles is 1. The van der Waals surface area contributed by atoms with Crippen LogP contribution in [0.5, 0.6) is 0 Å². The number of nitrogens with zero attached hydrogens (tertiary/aromatic N) is 5. The van der Waals surface area contributed by atoms with Gasteiger partial charge in [-0.05, 0) is 49.1 Å². The minimum absolute atomic E-state index is 0. The van der Waals surface area contributed by atoms with Crippen LogP contribution in [0, 0.1) is 57.7 Å². The van der Waals surface area contributed by atoms with E-state index in [0.29, 0.717) is 22.0 Å². The van der Waals surface area contributed by atoms with Crippen molar-refractivity contribution in [2.45, 2.75) is 34.3 Å². The van der Waals surface area contributed by atoms with E-state index in [0.717, 1.165) is 6.20 Å². The number of furan rings is 1. The second-order valence-corrected chi connectivity index (χ2v) is 9.12. The fraction of sp³-hybridized carbons (Fsp3) is 0.139. The molecule has 0 fully saturated rings. The fourth-order valence-electron chi connectivity index (χ4n) is 4.35. The summed E-state index contributed by atoms with van der Waals surface area (Å²) in [6.07, 6.45) is 2.31. The van der Waals surface area contributed by atoms with Gasteiger partial charge in [0.15, 0.2) is 0 Å². The zero-order valence-corrected chi connectivity index (χ0v) is 24.7. The first-order valence-corrected chi connectivity index (χ1v) is 12.5. The van der Waals surface area contributed by atoms with Crippen LogP contribution in [0.3, 0.4) is 0 Å². The van der Waals surface area contributed by atoms with E-state index in [-0.39, 0.29) is 81.8 Å². The number of aryl methyl sites for hydroxylation is 5. The predicted octanol–water partition coefficient (Wildman–Crippen LogP) is 8.46. The third-order valence-electron chi connectivity index (χ3n) is 6.38. The van der Waals surface area contributed by atoms with Gasteiger partial charge in [0.1, 0.15) is 17.2 Å². The minimum atomic E-state index is -2.72. The van der Waals surface area contributed by atoms with Crippen molar-refractivity contribution in [3.8, 4) is 40.0 Å². The standard InChI is InChI=1S/C23H15N4O2.C13H12N.Ir/c1-12-9-20(25-11-13(12)2)18-6-4-5-15-16-7-8-17(23-27-26-14(3)28-23)19(10-24)22(16)29-21(15)18;1-10-3-6-12(7-4-10)13-8-5-11(2)9-14-13;/h4-5,7-9,11H,1-3H3;3-6,8-9H,1-2H3;/q2*-1;/i1D3,2D3,3D3;1D3,2D3;. The maximum atomic E-state index is 9.94. The Hall–Kier alpha value is -4.96. The van der Waals surface area contributed by atoms with Gasteiger partial charge in [0.25, 0.3) is 0 Å². The number of fused-ring (bicyclic) bond motifs is 3. The van der Waals surface area contributed by atoms with Crippen molar-refractivity contribution in [3.05, 3.63) is 119 Å². The molecule has 0 saturated carbocycles. The Morgan fingerprint density at radius 3 is 2.32 bits per heavy atom. The summed E-state index contributed by atoms with van der Waals surface area (Å²) in [5.41, 5.74) is 1.72. The van der Waals surface area contributed by atoms with Crippen LogP contribution in [0.2, 0.25) is 0 Å². The maximum absolute atomic E-state index is 9.94. The molecular formula is C36H27IrN5O2-2. The Bertz CT molecular complexity index is 2620. The molecule has 0 spiro atoms. The van der Waals surface area contributed by atoms with Crippen molar-refractivity contribution in [2.24, 2.45) is 0 Å². The van der Waals surface area contributed by atoms with Crippen LogP contribution in [-0.4, -0.2) is 20.2 Å². The summed E-state index contributed by atoms with van der Waals surface area (Å²) in [4.78, 5) is 8.27. The van der Waals surface area contributed by atoms with Crippen molar-refractivity contribution in [3.63, 3.8) is 0 Å². The molecule has 44 heavy (non-hydrogen) atoms.